The first-order valence-corrected chi connectivity index (χ1v) is 16.2. The molecule has 2 unspecified atom stereocenters. The highest BCUT2D eigenvalue weighted by molar-refractivity contribution is 6.36. The van der Waals surface area contributed by atoms with E-state index >= 15 is 0 Å². The first-order valence-electron chi connectivity index (χ1n) is 15.8. The Bertz CT molecular complexity index is 1930. The fourth-order valence-electron chi connectivity index (χ4n) is 6.30. The number of alkyl halides is 3. The van der Waals surface area contributed by atoms with Crippen molar-refractivity contribution in [2.24, 2.45) is 0 Å². The summed E-state index contributed by atoms with van der Waals surface area (Å²) in [5.41, 5.74) is -2.50. The van der Waals surface area contributed by atoms with Gasteiger partial charge < -0.3 is 24.2 Å². The van der Waals surface area contributed by atoms with Crippen molar-refractivity contribution in [3.63, 3.8) is 0 Å². The third kappa shape index (κ3) is 6.59. The number of hydrogen-bond donors (Lipinski definition) is 0. The number of hydrogen-bond acceptors (Lipinski definition) is 9. The summed E-state index contributed by atoms with van der Waals surface area (Å²) in [6.45, 7) is 8.82. The summed E-state index contributed by atoms with van der Waals surface area (Å²) < 4.78 is 56.7. The Morgan fingerprint density at radius 1 is 1.02 bits per heavy atom. The third-order valence-corrected chi connectivity index (χ3v) is 8.95. The molecule has 4 heterocycles. The van der Waals surface area contributed by atoms with Gasteiger partial charge in [0.25, 0.3) is 5.56 Å². The van der Waals surface area contributed by atoms with Crippen LogP contribution in [0.5, 0.6) is 6.01 Å². The van der Waals surface area contributed by atoms with E-state index < -0.39 is 35.3 Å². The van der Waals surface area contributed by atoms with Crippen molar-refractivity contribution >= 4 is 45.3 Å². The molecule has 0 bridgehead atoms. The molecule has 2 aromatic heterocycles. The van der Waals surface area contributed by atoms with Gasteiger partial charge in [0, 0.05) is 37.1 Å². The molecule has 2 saturated heterocycles. The number of halogens is 4. The first-order chi connectivity index (χ1) is 22.6. The van der Waals surface area contributed by atoms with Crippen molar-refractivity contribution in [2.45, 2.75) is 64.4 Å². The largest absolute Gasteiger partial charge is 0.462 e. The molecule has 0 radical (unpaired) electrons. The summed E-state index contributed by atoms with van der Waals surface area (Å²) >= 11 is 6.49. The monoisotopic (exact) mass is 687 g/mol. The molecule has 48 heavy (non-hydrogen) atoms. The highest BCUT2D eigenvalue weighted by Gasteiger charge is 2.40. The third-order valence-electron chi connectivity index (χ3n) is 8.63. The Labute approximate surface area is 280 Å². The Hall–Kier alpha value is -4.17. The predicted octanol–water partition coefficient (Wildman–Crippen LogP) is 5.92. The number of rotatable bonds is 5. The van der Waals surface area contributed by atoms with Crippen LogP contribution in [0.1, 0.15) is 46.4 Å². The van der Waals surface area contributed by atoms with E-state index in [-0.39, 0.29) is 71.2 Å². The molecule has 0 saturated carbocycles. The van der Waals surface area contributed by atoms with Crippen LogP contribution in [0, 0.1) is 0 Å². The van der Waals surface area contributed by atoms with Gasteiger partial charge in [-0.2, -0.15) is 23.1 Å². The summed E-state index contributed by atoms with van der Waals surface area (Å²) in [7, 11) is 1.98. The minimum Gasteiger partial charge on any atom is -0.462 e. The van der Waals surface area contributed by atoms with Gasteiger partial charge in [-0.3, -0.25) is 9.36 Å². The number of likely N-dealkylation sites (tertiary alicyclic amines) is 1. The van der Waals surface area contributed by atoms with Crippen LogP contribution in [0.15, 0.2) is 41.2 Å². The predicted molar refractivity (Wildman–Crippen MR) is 176 cm³/mol. The highest BCUT2D eigenvalue weighted by Crippen LogP contribution is 2.36. The normalized spacial score (nSPS) is 19.4. The molecule has 15 heteroatoms. The topological polar surface area (TPSA) is 106 Å². The Balaban J connectivity index is 1.52. The van der Waals surface area contributed by atoms with E-state index in [4.69, 9.17) is 21.1 Å². The molecule has 6 rings (SSSR count). The lowest BCUT2D eigenvalue weighted by Crippen LogP contribution is -2.55. The van der Waals surface area contributed by atoms with Crippen molar-refractivity contribution in [3.8, 4) is 11.7 Å². The molecule has 2 fully saturated rings. The van der Waals surface area contributed by atoms with E-state index in [0.29, 0.717) is 9.95 Å². The maximum atomic E-state index is 14.9. The maximum absolute atomic E-state index is 14.9. The minimum atomic E-state index is -5.04. The molecule has 2 aromatic carbocycles. The SMILES string of the molecule is CC1CN(C(=O)OC(C)(C)C)CCN1c1nc(OCC2CCCN2C)nc2c(=O)n(-c3cccc4cccc(Cl)c34)c(C(F)(F)F)nc12. The second kappa shape index (κ2) is 12.7. The van der Waals surface area contributed by atoms with E-state index in [9.17, 15) is 22.8 Å². The van der Waals surface area contributed by atoms with E-state index in [0.717, 1.165) is 19.4 Å². The average molecular weight is 688 g/mol. The van der Waals surface area contributed by atoms with Crippen LogP contribution in [0.4, 0.5) is 23.8 Å². The molecular formula is C33H37ClF3N7O4. The molecule has 11 nitrogen and oxygen atoms in total. The van der Waals surface area contributed by atoms with E-state index in [1.807, 2.05) is 14.0 Å². The van der Waals surface area contributed by atoms with Gasteiger partial charge >= 0.3 is 18.3 Å². The number of fused-ring (bicyclic) bond motifs is 2. The smallest absolute Gasteiger partial charge is 0.450 e. The molecule has 256 valence electrons. The average Bonchev–Trinajstić information content (AvgIpc) is 3.42. The lowest BCUT2D eigenvalue weighted by atomic mass is 10.1. The molecule has 0 spiro atoms. The van der Waals surface area contributed by atoms with Gasteiger partial charge in [0.15, 0.2) is 11.3 Å². The summed E-state index contributed by atoms with van der Waals surface area (Å²) in [6.07, 6.45) is -3.65. The van der Waals surface area contributed by atoms with E-state index in [2.05, 4.69) is 19.9 Å². The highest BCUT2D eigenvalue weighted by atomic mass is 35.5. The van der Waals surface area contributed by atoms with Crippen LogP contribution < -0.4 is 15.2 Å². The van der Waals surface area contributed by atoms with Gasteiger partial charge in [0.2, 0.25) is 5.82 Å². The quantitative estimate of drug-likeness (QED) is 0.253. The number of piperazine rings is 1. The first kappa shape index (κ1) is 33.7. The summed E-state index contributed by atoms with van der Waals surface area (Å²) in [6, 6.07) is 9.06. The van der Waals surface area contributed by atoms with Gasteiger partial charge in [-0.05, 0) is 71.6 Å². The number of carbonyl (C=O) groups is 1. The van der Waals surface area contributed by atoms with Crippen molar-refractivity contribution in [1.82, 2.24) is 29.3 Å². The van der Waals surface area contributed by atoms with Gasteiger partial charge in [-0.15, -0.1) is 0 Å². The molecule has 2 aliphatic rings. The zero-order valence-corrected chi connectivity index (χ0v) is 28.1. The number of nitrogens with zero attached hydrogens (tertiary/aromatic N) is 7. The number of carbonyl (C=O) groups excluding carboxylic acids is 1. The van der Waals surface area contributed by atoms with Gasteiger partial charge in [0.05, 0.1) is 10.7 Å². The molecule has 0 aliphatic carbocycles. The Morgan fingerprint density at radius 3 is 2.40 bits per heavy atom. The van der Waals surface area contributed by atoms with E-state index in [1.54, 1.807) is 56.0 Å². The molecule has 2 aliphatic heterocycles. The van der Waals surface area contributed by atoms with Crippen LogP contribution in [-0.2, 0) is 10.9 Å². The minimum absolute atomic E-state index is 0.0109. The van der Waals surface area contributed by atoms with Crippen molar-refractivity contribution in [3.05, 3.63) is 57.6 Å². The van der Waals surface area contributed by atoms with Gasteiger partial charge in [0.1, 0.15) is 17.7 Å². The summed E-state index contributed by atoms with van der Waals surface area (Å²) in [4.78, 5) is 45.6. The summed E-state index contributed by atoms with van der Waals surface area (Å²) in [5.74, 6) is -1.43. The maximum Gasteiger partial charge on any atom is 0.450 e. The van der Waals surface area contributed by atoms with Crippen LogP contribution in [0.3, 0.4) is 0 Å². The molecule has 1 amide bonds. The van der Waals surface area contributed by atoms with Crippen LogP contribution >= 0.6 is 11.6 Å². The van der Waals surface area contributed by atoms with E-state index in [1.165, 1.54) is 11.0 Å². The zero-order chi connectivity index (χ0) is 34.5. The van der Waals surface area contributed by atoms with Crippen molar-refractivity contribution in [1.29, 1.82) is 0 Å². The van der Waals surface area contributed by atoms with Gasteiger partial charge in [-0.25, -0.2) is 9.78 Å². The van der Waals surface area contributed by atoms with Crippen molar-refractivity contribution in [2.75, 3.05) is 44.7 Å². The fourth-order valence-corrected chi connectivity index (χ4v) is 6.58. The van der Waals surface area contributed by atoms with Gasteiger partial charge in [-0.1, -0.05) is 35.9 Å². The fraction of sp³-hybridized carbons (Fsp3) is 0.485. The van der Waals surface area contributed by atoms with Crippen LogP contribution in [-0.4, -0.2) is 92.9 Å². The lowest BCUT2D eigenvalue weighted by Gasteiger charge is -2.40. The number of aromatic nitrogens is 4. The van der Waals surface area contributed by atoms with Crippen LogP contribution in [0.25, 0.3) is 27.5 Å². The second-order valence-corrected chi connectivity index (χ2v) is 13.7. The molecule has 4 aromatic rings. The standard InChI is InChI=1S/C33H37ClF3N7O4/c1-19-17-42(31(46)48-32(2,3)4)15-16-43(19)27-25-26(39-30(40-27)47-18-21-11-8-14-41(21)5)28(45)44(29(38-25)33(35,36)37)23-13-7-10-20-9-6-12-22(34)24(20)23/h6-7,9-10,12-13,19,21H,8,11,14-18H2,1-5H3. The lowest BCUT2D eigenvalue weighted by molar-refractivity contribution is -0.146. The summed E-state index contributed by atoms with van der Waals surface area (Å²) in [5, 5.41) is 0.982. The molecule has 2 atom stereocenters. The van der Waals surface area contributed by atoms with Crippen LogP contribution in [0.2, 0.25) is 5.02 Å². The zero-order valence-electron chi connectivity index (χ0n) is 27.3. The number of ether oxygens (including phenoxy) is 2. The second-order valence-electron chi connectivity index (χ2n) is 13.3. The number of anilines is 1. The van der Waals surface area contributed by atoms with Crippen molar-refractivity contribution < 1.29 is 27.4 Å². The Kier molecular flexibility index (Phi) is 8.92. The number of likely N-dealkylation sites (N-methyl/N-ethyl adjacent to an activating group) is 1. The molecular weight excluding hydrogens is 651 g/mol. The molecule has 0 N–H and O–H groups in total. The number of amides is 1. The number of benzene rings is 2. The Morgan fingerprint density at radius 2 is 1.75 bits per heavy atom.